The number of aliphatic hydroxyl groups excluding tert-OH is 1. The van der Waals surface area contributed by atoms with E-state index in [9.17, 15) is 9.90 Å². The number of carbonyl (C=O) groups is 1. The highest BCUT2D eigenvalue weighted by atomic mass is 32.1. The highest BCUT2D eigenvalue weighted by molar-refractivity contribution is 7.09. The molecule has 2 aromatic rings. The number of amides is 1. The highest BCUT2D eigenvalue weighted by Crippen LogP contribution is 2.22. The number of aryl methyl sites for hydroxylation is 1. The van der Waals surface area contributed by atoms with Crippen LogP contribution in [-0.4, -0.2) is 27.7 Å². The first-order valence-corrected chi connectivity index (χ1v) is 9.12. The fraction of sp³-hybridized carbons (Fsp3) is 0.500. The number of nitrogens with one attached hydrogen (secondary N) is 1. The molecule has 1 saturated carbocycles. The molecule has 2 unspecified atom stereocenters. The van der Waals surface area contributed by atoms with E-state index in [0.29, 0.717) is 0 Å². The number of aromatic nitrogens is 1. The Hall–Kier alpha value is -1.59. The molecule has 2 aromatic heterocycles. The molecule has 0 saturated heterocycles. The van der Waals surface area contributed by atoms with Gasteiger partial charge in [-0.25, -0.2) is 0 Å². The monoisotopic (exact) mass is 332 g/mol. The van der Waals surface area contributed by atoms with Crippen LogP contribution in [0.15, 0.2) is 23.6 Å². The van der Waals surface area contributed by atoms with Gasteiger partial charge in [0.15, 0.2) is 0 Å². The van der Waals surface area contributed by atoms with Crippen molar-refractivity contribution in [2.24, 2.45) is 0 Å². The summed E-state index contributed by atoms with van der Waals surface area (Å²) in [7, 11) is 0. The Kier molecular flexibility index (Phi) is 4.87. The van der Waals surface area contributed by atoms with Gasteiger partial charge in [0, 0.05) is 16.3 Å². The molecule has 0 bridgehead atoms. The first kappa shape index (κ1) is 16.3. The van der Waals surface area contributed by atoms with Crippen LogP contribution < -0.4 is 5.32 Å². The highest BCUT2D eigenvalue weighted by Gasteiger charge is 2.26. The summed E-state index contributed by atoms with van der Waals surface area (Å²) in [5, 5.41) is 15.1. The molecule has 1 amide bonds. The van der Waals surface area contributed by atoms with E-state index < -0.39 is 6.10 Å². The molecule has 1 aliphatic rings. The second kappa shape index (κ2) is 6.89. The summed E-state index contributed by atoms with van der Waals surface area (Å²) in [6, 6.07) is 6.00. The number of aliphatic hydroxyl groups is 1. The molecule has 4 nitrogen and oxygen atoms in total. The van der Waals surface area contributed by atoms with E-state index in [0.717, 1.165) is 49.2 Å². The summed E-state index contributed by atoms with van der Waals surface area (Å²) in [5.74, 6) is -0.0681. The van der Waals surface area contributed by atoms with Gasteiger partial charge in [0.2, 0.25) is 0 Å². The van der Waals surface area contributed by atoms with Gasteiger partial charge in [-0.2, -0.15) is 0 Å². The van der Waals surface area contributed by atoms with E-state index in [-0.39, 0.29) is 11.9 Å². The van der Waals surface area contributed by atoms with E-state index in [2.05, 4.69) is 21.3 Å². The number of thiophene rings is 1. The molecule has 0 radical (unpaired) electrons. The minimum Gasteiger partial charge on any atom is -0.391 e. The van der Waals surface area contributed by atoms with Crippen molar-refractivity contribution in [2.75, 3.05) is 0 Å². The molecule has 1 aliphatic carbocycles. The molecule has 2 atom stereocenters. The first-order chi connectivity index (χ1) is 11.1. The van der Waals surface area contributed by atoms with E-state index in [4.69, 9.17) is 0 Å². The predicted molar refractivity (Wildman–Crippen MR) is 93.1 cm³/mol. The number of nitrogens with zero attached hydrogens (tertiary/aromatic N) is 1. The molecule has 2 heterocycles. The van der Waals surface area contributed by atoms with E-state index >= 15 is 0 Å². The zero-order valence-corrected chi connectivity index (χ0v) is 14.5. The Balaban J connectivity index is 1.76. The second-order valence-corrected chi connectivity index (χ2v) is 7.41. The lowest BCUT2D eigenvalue weighted by atomic mass is 9.92. The average Bonchev–Trinajstić information content (AvgIpc) is 3.13. The lowest BCUT2D eigenvalue weighted by Gasteiger charge is -2.28. The van der Waals surface area contributed by atoms with Gasteiger partial charge in [-0.3, -0.25) is 4.79 Å². The van der Waals surface area contributed by atoms with Crippen molar-refractivity contribution in [2.45, 2.75) is 58.2 Å². The van der Waals surface area contributed by atoms with Crippen LogP contribution in [0.3, 0.4) is 0 Å². The van der Waals surface area contributed by atoms with Crippen LogP contribution >= 0.6 is 11.3 Å². The summed E-state index contributed by atoms with van der Waals surface area (Å²) >= 11 is 1.73. The van der Waals surface area contributed by atoms with Crippen molar-refractivity contribution in [3.63, 3.8) is 0 Å². The summed E-state index contributed by atoms with van der Waals surface area (Å²) in [5.41, 5.74) is 2.79. The Labute approximate surface area is 141 Å². The van der Waals surface area contributed by atoms with E-state index in [1.807, 2.05) is 26.0 Å². The van der Waals surface area contributed by atoms with Crippen LogP contribution in [0.5, 0.6) is 0 Å². The van der Waals surface area contributed by atoms with Gasteiger partial charge in [-0.05, 0) is 44.2 Å². The topological polar surface area (TPSA) is 54.3 Å². The molecule has 2 N–H and O–H groups in total. The van der Waals surface area contributed by atoms with Crippen LogP contribution in [0, 0.1) is 13.8 Å². The van der Waals surface area contributed by atoms with Crippen LogP contribution in [0.25, 0.3) is 0 Å². The Morgan fingerprint density at radius 1 is 1.39 bits per heavy atom. The van der Waals surface area contributed by atoms with Crippen molar-refractivity contribution in [1.29, 1.82) is 0 Å². The fourth-order valence-electron chi connectivity index (χ4n) is 3.36. The van der Waals surface area contributed by atoms with Gasteiger partial charge < -0.3 is 15.0 Å². The third kappa shape index (κ3) is 3.51. The van der Waals surface area contributed by atoms with Crippen LogP contribution in [0.2, 0.25) is 0 Å². The standard InChI is InChI=1S/C18H24N2O2S/c1-12-10-15(13(2)20(12)11-14-6-5-9-23-14)18(22)19-16-7-3-4-8-17(16)21/h5-6,9-10,16-17,21H,3-4,7-8,11H2,1-2H3,(H,19,22). The second-order valence-electron chi connectivity index (χ2n) is 6.38. The lowest BCUT2D eigenvalue weighted by Crippen LogP contribution is -2.45. The summed E-state index contributed by atoms with van der Waals surface area (Å²) in [6.45, 7) is 4.83. The maximum atomic E-state index is 12.6. The summed E-state index contributed by atoms with van der Waals surface area (Å²) in [6.07, 6.45) is 3.34. The minimum atomic E-state index is -0.415. The van der Waals surface area contributed by atoms with Crippen molar-refractivity contribution >= 4 is 17.2 Å². The minimum absolute atomic E-state index is 0.0681. The number of rotatable bonds is 4. The molecule has 3 rings (SSSR count). The fourth-order valence-corrected chi connectivity index (χ4v) is 4.05. The number of hydrogen-bond acceptors (Lipinski definition) is 3. The average molecular weight is 332 g/mol. The Morgan fingerprint density at radius 3 is 2.87 bits per heavy atom. The first-order valence-electron chi connectivity index (χ1n) is 8.24. The number of hydrogen-bond donors (Lipinski definition) is 2. The zero-order chi connectivity index (χ0) is 16.4. The SMILES string of the molecule is Cc1cc(C(=O)NC2CCCCC2O)c(C)n1Cc1cccs1. The van der Waals surface area contributed by atoms with Crippen molar-refractivity contribution in [1.82, 2.24) is 9.88 Å². The van der Waals surface area contributed by atoms with Gasteiger partial charge in [-0.1, -0.05) is 18.9 Å². The molecular formula is C18H24N2O2S. The summed E-state index contributed by atoms with van der Waals surface area (Å²) < 4.78 is 2.18. The van der Waals surface area contributed by atoms with Crippen molar-refractivity contribution < 1.29 is 9.90 Å². The van der Waals surface area contributed by atoms with E-state index in [1.165, 1.54) is 4.88 Å². The Morgan fingerprint density at radius 2 is 2.17 bits per heavy atom. The van der Waals surface area contributed by atoms with Gasteiger partial charge >= 0.3 is 0 Å². The molecule has 0 aromatic carbocycles. The molecule has 1 fully saturated rings. The third-order valence-electron chi connectivity index (χ3n) is 4.76. The number of carbonyl (C=O) groups excluding carboxylic acids is 1. The molecule has 5 heteroatoms. The normalized spacial score (nSPS) is 21.3. The van der Waals surface area contributed by atoms with Crippen LogP contribution in [0.1, 0.15) is 52.3 Å². The third-order valence-corrected chi connectivity index (χ3v) is 5.62. The van der Waals surface area contributed by atoms with Gasteiger partial charge in [-0.15, -0.1) is 11.3 Å². The molecular weight excluding hydrogens is 308 g/mol. The summed E-state index contributed by atoms with van der Waals surface area (Å²) in [4.78, 5) is 13.9. The smallest absolute Gasteiger partial charge is 0.253 e. The van der Waals surface area contributed by atoms with E-state index in [1.54, 1.807) is 11.3 Å². The van der Waals surface area contributed by atoms with Gasteiger partial charge in [0.25, 0.3) is 5.91 Å². The predicted octanol–water partition coefficient (Wildman–Crippen LogP) is 3.25. The maximum Gasteiger partial charge on any atom is 0.253 e. The maximum absolute atomic E-state index is 12.6. The molecule has 0 aliphatic heterocycles. The van der Waals surface area contributed by atoms with Crippen LogP contribution in [0.4, 0.5) is 0 Å². The quantitative estimate of drug-likeness (QED) is 0.903. The lowest BCUT2D eigenvalue weighted by molar-refractivity contribution is 0.0717. The van der Waals surface area contributed by atoms with Crippen molar-refractivity contribution in [3.8, 4) is 0 Å². The Bertz CT molecular complexity index is 676. The molecule has 23 heavy (non-hydrogen) atoms. The molecule has 124 valence electrons. The largest absolute Gasteiger partial charge is 0.391 e. The molecule has 0 spiro atoms. The van der Waals surface area contributed by atoms with Gasteiger partial charge in [0.05, 0.1) is 24.3 Å². The van der Waals surface area contributed by atoms with Gasteiger partial charge in [0.1, 0.15) is 0 Å². The zero-order valence-electron chi connectivity index (χ0n) is 13.7. The van der Waals surface area contributed by atoms with Crippen molar-refractivity contribution in [3.05, 3.63) is 45.4 Å². The van der Waals surface area contributed by atoms with Crippen LogP contribution in [-0.2, 0) is 6.54 Å².